The number of rotatable bonds is 4. The first-order valence-electron chi connectivity index (χ1n) is 5.73. The van der Waals surface area contributed by atoms with Crippen LogP contribution in [0.1, 0.15) is 19.5 Å². The predicted molar refractivity (Wildman–Crippen MR) is 64.9 cm³/mol. The van der Waals surface area contributed by atoms with Gasteiger partial charge in [0.05, 0.1) is 11.6 Å². The molecule has 2 heterocycles. The molecule has 0 radical (unpaired) electrons. The minimum atomic E-state index is -0.753. The lowest BCUT2D eigenvalue weighted by atomic mass is 9.91. The molecule has 4 heteroatoms. The molecule has 1 unspecified atom stereocenters. The van der Waals surface area contributed by atoms with Crippen LogP contribution in [0, 0.1) is 11.8 Å². The molecule has 1 N–H and O–H groups in total. The van der Waals surface area contributed by atoms with Crippen LogP contribution in [0.3, 0.4) is 0 Å². The molecule has 0 aliphatic heterocycles. The van der Waals surface area contributed by atoms with Crippen LogP contribution in [0.15, 0.2) is 30.6 Å². The molecule has 4 nitrogen and oxygen atoms in total. The van der Waals surface area contributed by atoms with Gasteiger partial charge in [0.2, 0.25) is 0 Å². The molecule has 2 aromatic rings. The van der Waals surface area contributed by atoms with Crippen molar-refractivity contribution < 1.29 is 9.90 Å². The number of fused-ring (bicyclic) bond motifs is 1. The van der Waals surface area contributed by atoms with E-state index in [0.717, 1.165) is 11.3 Å². The van der Waals surface area contributed by atoms with Crippen molar-refractivity contribution in [3.63, 3.8) is 0 Å². The first kappa shape index (κ1) is 11.6. The third-order valence-corrected chi connectivity index (χ3v) is 2.96. The Morgan fingerprint density at radius 1 is 1.47 bits per heavy atom. The lowest BCUT2D eigenvalue weighted by Gasteiger charge is -2.14. The van der Waals surface area contributed by atoms with Crippen molar-refractivity contribution in [1.82, 2.24) is 9.38 Å². The van der Waals surface area contributed by atoms with Gasteiger partial charge in [0, 0.05) is 18.8 Å². The third-order valence-electron chi connectivity index (χ3n) is 2.96. The molecular formula is C13H16N2O2. The first-order chi connectivity index (χ1) is 8.08. The van der Waals surface area contributed by atoms with Crippen molar-refractivity contribution in [2.24, 2.45) is 11.8 Å². The average molecular weight is 232 g/mol. The summed E-state index contributed by atoms with van der Waals surface area (Å²) in [7, 11) is 0. The van der Waals surface area contributed by atoms with E-state index in [1.807, 2.05) is 48.8 Å². The van der Waals surface area contributed by atoms with Gasteiger partial charge in [0.1, 0.15) is 5.65 Å². The van der Waals surface area contributed by atoms with E-state index in [2.05, 4.69) is 4.98 Å². The van der Waals surface area contributed by atoms with E-state index >= 15 is 0 Å². The van der Waals surface area contributed by atoms with Gasteiger partial charge in [-0.1, -0.05) is 19.9 Å². The van der Waals surface area contributed by atoms with E-state index in [9.17, 15) is 4.79 Å². The van der Waals surface area contributed by atoms with Gasteiger partial charge in [-0.2, -0.15) is 0 Å². The van der Waals surface area contributed by atoms with Gasteiger partial charge < -0.3 is 9.51 Å². The largest absolute Gasteiger partial charge is 0.481 e. The normalized spacial score (nSPS) is 13.1. The summed E-state index contributed by atoms with van der Waals surface area (Å²) in [5.41, 5.74) is 1.69. The highest BCUT2D eigenvalue weighted by Gasteiger charge is 2.22. The fourth-order valence-corrected chi connectivity index (χ4v) is 1.92. The molecular weight excluding hydrogens is 216 g/mol. The summed E-state index contributed by atoms with van der Waals surface area (Å²) in [6.45, 7) is 3.85. The quantitative estimate of drug-likeness (QED) is 0.879. The van der Waals surface area contributed by atoms with Crippen molar-refractivity contribution in [2.75, 3.05) is 0 Å². The van der Waals surface area contributed by atoms with E-state index in [4.69, 9.17) is 5.11 Å². The Kier molecular flexibility index (Phi) is 3.13. The molecule has 90 valence electrons. The van der Waals surface area contributed by atoms with Gasteiger partial charge in [-0.05, 0) is 18.1 Å². The smallest absolute Gasteiger partial charge is 0.307 e. The lowest BCUT2D eigenvalue weighted by Crippen LogP contribution is -2.22. The maximum absolute atomic E-state index is 11.1. The first-order valence-corrected chi connectivity index (χ1v) is 5.73. The summed E-state index contributed by atoms with van der Waals surface area (Å²) in [4.78, 5) is 15.5. The highest BCUT2D eigenvalue weighted by molar-refractivity contribution is 5.70. The van der Waals surface area contributed by atoms with Crippen molar-refractivity contribution in [3.05, 3.63) is 36.3 Å². The maximum atomic E-state index is 11.1. The van der Waals surface area contributed by atoms with Crippen LogP contribution in [-0.2, 0) is 11.2 Å². The van der Waals surface area contributed by atoms with Crippen LogP contribution in [0.4, 0.5) is 0 Å². The maximum Gasteiger partial charge on any atom is 0.307 e. The summed E-state index contributed by atoms with van der Waals surface area (Å²) in [6.07, 6.45) is 4.29. The van der Waals surface area contributed by atoms with Crippen molar-refractivity contribution in [3.8, 4) is 0 Å². The molecule has 0 aliphatic rings. The van der Waals surface area contributed by atoms with E-state index in [0.29, 0.717) is 6.42 Å². The molecule has 2 rings (SSSR count). The topological polar surface area (TPSA) is 54.6 Å². The zero-order valence-electron chi connectivity index (χ0n) is 10.00. The average Bonchev–Trinajstić information content (AvgIpc) is 2.67. The SMILES string of the molecule is CC(C)C(Cc1cn2ccccc2n1)C(=O)O. The van der Waals surface area contributed by atoms with Gasteiger partial charge >= 0.3 is 5.97 Å². The summed E-state index contributed by atoms with van der Waals surface area (Å²) >= 11 is 0. The molecule has 0 amide bonds. The molecule has 0 fully saturated rings. The number of aliphatic carboxylic acids is 1. The number of hydrogen-bond acceptors (Lipinski definition) is 2. The Bertz CT molecular complexity index is 498. The summed E-state index contributed by atoms with van der Waals surface area (Å²) in [6, 6.07) is 5.76. The number of nitrogens with zero attached hydrogens (tertiary/aromatic N) is 2. The number of aromatic nitrogens is 2. The molecule has 1 atom stereocenters. The lowest BCUT2D eigenvalue weighted by molar-refractivity contribution is -0.143. The van der Waals surface area contributed by atoms with E-state index in [1.165, 1.54) is 0 Å². The molecule has 17 heavy (non-hydrogen) atoms. The van der Waals surface area contributed by atoms with Gasteiger partial charge in [0.25, 0.3) is 0 Å². The predicted octanol–water partition coefficient (Wildman–Crippen LogP) is 2.23. The second-order valence-electron chi connectivity index (χ2n) is 4.59. The summed E-state index contributed by atoms with van der Waals surface area (Å²) in [5.74, 6) is -1.02. The Hall–Kier alpha value is -1.84. The standard InChI is InChI=1S/C13H16N2O2/c1-9(2)11(13(16)17)7-10-8-15-6-4-3-5-12(15)14-10/h3-6,8-9,11H,7H2,1-2H3,(H,16,17). The Labute approximate surface area is 99.9 Å². The van der Waals surface area contributed by atoms with Crippen LogP contribution < -0.4 is 0 Å². The molecule has 0 bridgehead atoms. The molecule has 0 aliphatic carbocycles. The van der Waals surface area contributed by atoms with Crippen molar-refractivity contribution in [2.45, 2.75) is 20.3 Å². The van der Waals surface area contributed by atoms with Crippen LogP contribution in [-0.4, -0.2) is 20.5 Å². The van der Waals surface area contributed by atoms with E-state index in [1.54, 1.807) is 0 Å². The minimum Gasteiger partial charge on any atom is -0.481 e. The van der Waals surface area contributed by atoms with Crippen LogP contribution in [0.25, 0.3) is 5.65 Å². The third kappa shape index (κ3) is 2.46. The Balaban J connectivity index is 2.25. The number of hydrogen-bond donors (Lipinski definition) is 1. The second kappa shape index (κ2) is 4.57. The Morgan fingerprint density at radius 3 is 2.82 bits per heavy atom. The molecule has 2 aromatic heterocycles. The van der Waals surface area contributed by atoms with Gasteiger partial charge in [0.15, 0.2) is 0 Å². The van der Waals surface area contributed by atoms with Gasteiger partial charge in [-0.25, -0.2) is 4.98 Å². The van der Waals surface area contributed by atoms with Crippen molar-refractivity contribution in [1.29, 1.82) is 0 Å². The van der Waals surface area contributed by atoms with Crippen LogP contribution >= 0.6 is 0 Å². The number of carboxylic acids is 1. The number of carbonyl (C=O) groups is 1. The second-order valence-corrected chi connectivity index (χ2v) is 4.59. The number of carboxylic acid groups (broad SMARTS) is 1. The van der Waals surface area contributed by atoms with Gasteiger partial charge in [-0.3, -0.25) is 4.79 Å². The fourth-order valence-electron chi connectivity index (χ4n) is 1.92. The number of imidazole rings is 1. The fraction of sp³-hybridized carbons (Fsp3) is 0.385. The molecule has 0 saturated carbocycles. The van der Waals surface area contributed by atoms with E-state index in [-0.39, 0.29) is 11.8 Å². The summed E-state index contributed by atoms with van der Waals surface area (Å²) < 4.78 is 1.91. The molecule has 0 aromatic carbocycles. The van der Waals surface area contributed by atoms with Crippen LogP contribution in [0.5, 0.6) is 0 Å². The molecule has 0 saturated heterocycles. The highest BCUT2D eigenvalue weighted by Crippen LogP contribution is 2.17. The van der Waals surface area contributed by atoms with Gasteiger partial charge in [-0.15, -0.1) is 0 Å². The number of pyridine rings is 1. The summed E-state index contributed by atoms with van der Waals surface area (Å²) in [5, 5.41) is 9.15. The molecule has 0 spiro atoms. The zero-order valence-corrected chi connectivity index (χ0v) is 10.00. The monoisotopic (exact) mass is 232 g/mol. The van der Waals surface area contributed by atoms with Crippen LogP contribution in [0.2, 0.25) is 0 Å². The highest BCUT2D eigenvalue weighted by atomic mass is 16.4. The Morgan fingerprint density at radius 2 is 2.24 bits per heavy atom. The van der Waals surface area contributed by atoms with Crippen molar-refractivity contribution >= 4 is 11.6 Å². The zero-order chi connectivity index (χ0) is 12.4. The minimum absolute atomic E-state index is 0.109. The van der Waals surface area contributed by atoms with E-state index < -0.39 is 5.97 Å².